The average Bonchev–Trinajstić information content (AvgIpc) is 2.06. The molecule has 0 saturated heterocycles. The van der Waals surface area contributed by atoms with E-state index in [0.717, 1.165) is 5.56 Å². The molecule has 0 bridgehead atoms. The van der Waals surface area contributed by atoms with Gasteiger partial charge in [0.25, 0.3) is 5.91 Å². The fourth-order valence-corrected chi connectivity index (χ4v) is 1.16. The summed E-state index contributed by atoms with van der Waals surface area (Å²) in [6.07, 6.45) is 0. The van der Waals surface area contributed by atoms with E-state index in [9.17, 15) is 9.90 Å². The van der Waals surface area contributed by atoms with Gasteiger partial charge in [-0.25, -0.2) is 0 Å². The Morgan fingerprint density at radius 2 is 1.93 bits per heavy atom. The zero-order valence-corrected chi connectivity index (χ0v) is 9.59. The van der Waals surface area contributed by atoms with Crippen LogP contribution in [0, 0.1) is 6.92 Å². The minimum Gasteiger partial charge on any atom is -0.508 e. The fraction of sp³-hybridized carbons (Fsp3) is 0.417. The second-order valence-corrected chi connectivity index (χ2v) is 4.71. The van der Waals surface area contributed by atoms with E-state index in [1.165, 1.54) is 6.07 Å². The molecule has 0 aliphatic carbocycles. The molecular formula is C12H17NO2. The third kappa shape index (κ3) is 3.27. The van der Waals surface area contributed by atoms with Gasteiger partial charge in [0.1, 0.15) is 5.75 Å². The van der Waals surface area contributed by atoms with Gasteiger partial charge in [0.05, 0.1) is 0 Å². The Morgan fingerprint density at radius 3 is 2.40 bits per heavy atom. The Morgan fingerprint density at radius 1 is 1.33 bits per heavy atom. The molecule has 15 heavy (non-hydrogen) atoms. The lowest BCUT2D eigenvalue weighted by Gasteiger charge is -2.20. The van der Waals surface area contributed by atoms with E-state index in [-0.39, 0.29) is 17.2 Å². The summed E-state index contributed by atoms with van der Waals surface area (Å²) in [5, 5.41) is 12.3. The zero-order chi connectivity index (χ0) is 11.6. The van der Waals surface area contributed by atoms with Crippen molar-refractivity contribution in [1.82, 2.24) is 5.32 Å². The summed E-state index contributed by atoms with van der Waals surface area (Å²) in [5.74, 6) is -0.0191. The van der Waals surface area contributed by atoms with E-state index < -0.39 is 0 Å². The smallest absolute Gasteiger partial charge is 0.251 e. The van der Waals surface area contributed by atoms with Crippen LogP contribution in [0.25, 0.3) is 0 Å². The van der Waals surface area contributed by atoms with Crippen LogP contribution in [0.2, 0.25) is 0 Å². The van der Waals surface area contributed by atoms with Crippen molar-refractivity contribution in [3.05, 3.63) is 29.3 Å². The van der Waals surface area contributed by atoms with E-state index in [4.69, 9.17) is 0 Å². The van der Waals surface area contributed by atoms with Crippen molar-refractivity contribution in [3.8, 4) is 5.75 Å². The molecule has 3 nitrogen and oxygen atoms in total. The molecule has 2 N–H and O–H groups in total. The van der Waals surface area contributed by atoms with Gasteiger partial charge in [-0.3, -0.25) is 4.79 Å². The van der Waals surface area contributed by atoms with Gasteiger partial charge >= 0.3 is 0 Å². The molecule has 0 unspecified atom stereocenters. The summed E-state index contributed by atoms with van der Waals surface area (Å²) in [6, 6.07) is 4.92. The van der Waals surface area contributed by atoms with E-state index in [0.29, 0.717) is 5.56 Å². The molecule has 0 aliphatic heterocycles. The van der Waals surface area contributed by atoms with Crippen molar-refractivity contribution in [3.63, 3.8) is 0 Å². The first-order chi connectivity index (χ1) is 6.79. The largest absolute Gasteiger partial charge is 0.508 e. The summed E-state index contributed by atoms with van der Waals surface area (Å²) in [6.45, 7) is 7.54. The van der Waals surface area contributed by atoms with Crippen LogP contribution < -0.4 is 5.32 Å². The topological polar surface area (TPSA) is 49.3 Å². The first-order valence-corrected chi connectivity index (χ1v) is 4.92. The van der Waals surface area contributed by atoms with Crippen molar-refractivity contribution < 1.29 is 9.90 Å². The Hall–Kier alpha value is -1.51. The number of nitrogens with one attached hydrogen (secondary N) is 1. The predicted octanol–water partition coefficient (Wildman–Crippen LogP) is 2.23. The van der Waals surface area contributed by atoms with E-state index in [2.05, 4.69) is 5.32 Å². The summed E-state index contributed by atoms with van der Waals surface area (Å²) >= 11 is 0. The maximum Gasteiger partial charge on any atom is 0.251 e. The van der Waals surface area contributed by atoms with Crippen molar-refractivity contribution in [2.24, 2.45) is 0 Å². The summed E-state index contributed by atoms with van der Waals surface area (Å²) in [5.41, 5.74) is 0.979. The molecule has 0 atom stereocenters. The van der Waals surface area contributed by atoms with Crippen molar-refractivity contribution in [2.45, 2.75) is 33.2 Å². The number of phenolic OH excluding ortho intramolecular Hbond substituents is 1. The molecule has 1 aromatic carbocycles. The van der Waals surface area contributed by atoms with Crippen molar-refractivity contribution in [2.75, 3.05) is 0 Å². The van der Waals surface area contributed by atoms with Gasteiger partial charge in [-0.15, -0.1) is 0 Å². The molecule has 0 aliphatic rings. The molecule has 3 heteroatoms. The standard InChI is InChI=1S/C12H17NO2/c1-8-5-6-9(7-10(8)14)11(15)13-12(2,3)4/h5-7,14H,1-4H3,(H,13,15). The third-order valence-corrected chi connectivity index (χ3v) is 1.96. The Balaban J connectivity index is 2.88. The molecule has 1 aromatic rings. The van der Waals surface area contributed by atoms with Gasteiger partial charge in [0.15, 0.2) is 0 Å². The van der Waals surface area contributed by atoms with Crippen LogP contribution in [-0.4, -0.2) is 16.6 Å². The average molecular weight is 207 g/mol. The monoisotopic (exact) mass is 207 g/mol. The summed E-state index contributed by atoms with van der Waals surface area (Å²) in [4.78, 5) is 11.7. The molecule has 0 spiro atoms. The van der Waals surface area contributed by atoms with Gasteiger partial charge in [-0.2, -0.15) is 0 Å². The van der Waals surface area contributed by atoms with Gasteiger partial charge in [-0.05, 0) is 45.4 Å². The van der Waals surface area contributed by atoms with E-state index in [1.54, 1.807) is 19.1 Å². The van der Waals surface area contributed by atoms with Crippen LogP contribution in [0.4, 0.5) is 0 Å². The van der Waals surface area contributed by atoms with E-state index >= 15 is 0 Å². The van der Waals surface area contributed by atoms with Crippen molar-refractivity contribution in [1.29, 1.82) is 0 Å². The molecule has 82 valence electrons. The highest BCUT2D eigenvalue weighted by Crippen LogP contribution is 2.17. The third-order valence-electron chi connectivity index (χ3n) is 1.96. The van der Waals surface area contributed by atoms with Crippen LogP contribution in [0.5, 0.6) is 5.75 Å². The number of rotatable bonds is 1. The maximum absolute atomic E-state index is 11.7. The quantitative estimate of drug-likeness (QED) is 0.742. The van der Waals surface area contributed by atoms with Crippen LogP contribution in [-0.2, 0) is 0 Å². The molecule has 0 heterocycles. The molecule has 1 amide bonds. The second kappa shape index (κ2) is 3.93. The number of benzene rings is 1. The van der Waals surface area contributed by atoms with Gasteiger partial charge in [0.2, 0.25) is 0 Å². The van der Waals surface area contributed by atoms with Crippen LogP contribution in [0.1, 0.15) is 36.7 Å². The molecule has 0 fully saturated rings. The SMILES string of the molecule is Cc1ccc(C(=O)NC(C)(C)C)cc1O. The Bertz CT molecular complexity index is 378. The van der Waals surface area contributed by atoms with E-state index in [1.807, 2.05) is 20.8 Å². The summed E-state index contributed by atoms with van der Waals surface area (Å²) < 4.78 is 0. The predicted molar refractivity (Wildman–Crippen MR) is 60.1 cm³/mol. The van der Waals surface area contributed by atoms with Crippen LogP contribution >= 0.6 is 0 Å². The Labute approximate surface area is 90.1 Å². The lowest BCUT2D eigenvalue weighted by Crippen LogP contribution is -2.40. The molecule has 0 saturated carbocycles. The Kier molecular flexibility index (Phi) is 3.03. The van der Waals surface area contributed by atoms with Crippen LogP contribution in [0.3, 0.4) is 0 Å². The number of hydrogen-bond acceptors (Lipinski definition) is 2. The van der Waals surface area contributed by atoms with Gasteiger partial charge in [-0.1, -0.05) is 6.07 Å². The highest BCUT2D eigenvalue weighted by Gasteiger charge is 2.15. The maximum atomic E-state index is 11.7. The van der Waals surface area contributed by atoms with Crippen LogP contribution in [0.15, 0.2) is 18.2 Å². The minimum atomic E-state index is -0.266. The van der Waals surface area contributed by atoms with Gasteiger partial charge in [0, 0.05) is 11.1 Å². The zero-order valence-electron chi connectivity index (χ0n) is 9.59. The number of hydrogen-bond donors (Lipinski definition) is 2. The number of aryl methyl sites for hydroxylation is 1. The first-order valence-electron chi connectivity index (χ1n) is 4.92. The molecule has 0 radical (unpaired) electrons. The lowest BCUT2D eigenvalue weighted by atomic mass is 10.1. The van der Waals surface area contributed by atoms with Crippen molar-refractivity contribution >= 4 is 5.91 Å². The number of aromatic hydroxyl groups is 1. The normalized spacial score (nSPS) is 11.2. The number of carbonyl (C=O) groups excluding carboxylic acids is 1. The number of carbonyl (C=O) groups is 1. The lowest BCUT2D eigenvalue weighted by molar-refractivity contribution is 0.0919. The molecule has 1 rings (SSSR count). The van der Waals surface area contributed by atoms with Gasteiger partial charge < -0.3 is 10.4 Å². The number of amides is 1. The highest BCUT2D eigenvalue weighted by molar-refractivity contribution is 5.95. The molecule has 0 aromatic heterocycles. The fourth-order valence-electron chi connectivity index (χ4n) is 1.16. The minimum absolute atomic E-state index is 0.150. The summed E-state index contributed by atoms with van der Waals surface area (Å²) in [7, 11) is 0. The first kappa shape index (κ1) is 11.6. The molecular weight excluding hydrogens is 190 g/mol. The number of phenols is 1. The second-order valence-electron chi connectivity index (χ2n) is 4.71. The highest BCUT2D eigenvalue weighted by atomic mass is 16.3.